The Morgan fingerprint density at radius 3 is 0.975 bits per heavy atom. The predicted octanol–water partition coefficient (Wildman–Crippen LogP) is 10.7. The van der Waals surface area contributed by atoms with E-state index in [1.165, 1.54) is 27.8 Å². The molecule has 0 heterocycles. The topological polar surface area (TPSA) is 216 Å². The summed E-state index contributed by atoms with van der Waals surface area (Å²) in [5.74, 6) is -1.07. The molecule has 6 aromatic carbocycles. The van der Waals surface area contributed by atoms with E-state index in [0.717, 1.165) is 78.0 Å². The Hall–Kier alpha value is -8.32. The number of anilines is 6. The predicted molar refractivity (Wildman–Crippen MR) is 317 cm³/mol. The van der Waals surface area contributed by atoms with Crippen LogP contribution in [0.15, 0.2) is 171 Å². The van der Waals surface area contributed by atoms with Crippen molar-refractivity contribution >= 4 is 62.5 Å². The summed E-state index contributed by atoms with van der Waals surface area (Å²) < 4.78 is 50.4. The normalized spacial score (nSPS) is 10.8. The molecule has 17 nitrogen and oxygen atoms in total. The van der Waals surface area contributed by atoms with Gasteiger partial charge in [-0.1, -0.05) is 86.0 Å². The first-order valence-corrected chi connectivity index (χ1v) is 27.8. The third kappa shape index (κ3) is 21.6. The summed E-state index contributed by atoms with van der Waals surface area (Å²) in [4.78, 5) is 33.6. The fraction of sp³-hybridized carbons (Fsp3) is 0.295. The number of carbonyl (C=O) groups excluding carboxylic acids is 3. The molecule has 0 fully saturated rings. The smallest absolute Gasteiger partial charge is 0.461 e. The van der Waals surface area contributed by atoms with Gasteiger partial charge in [-0.25, -0.2) is 14.4 Å². The molecule has 420 valence electrons. The van der Waals surface area contributed by atoms with Crippen LogP contribution < -0.4 is 36.6 Å². The molecule has 79 heavy (non-hydrogen) atoms. The first kappa shape index (κ1) is 61.5. The number of nitrogens with one attached hydrogen (secondary N) is 7. The molecule has 6 rings (SSSR count). The van der Waals surface area contributed by atoms with Gasteiger partial charge in [-0.15, -0.1) is 0 Å². The van der Waals surface area contributed by atoms with E-state index in [1.54, 1.807) is 0 Å². The number of rotatable bonds is 32. The minimum atomic E-state index is -3.95. The van der Waals surface area contributed by atoms with Gasteiger partial charge in [0.15, 0.2) is 0 Å². The lowest BCUT2D eigenvalue weighted by molar-refractivity contribution is -0.139. The number of ether oxygens (including phenoxy) is 4. The first-order valence-electron chi connectivity index (χ1n) is 26.4. The molecule has 0 amide bonds. The maximum atomic E-state index is 11.9. The fourth-order valence-electron chi connectivity index (χ4n) is 8.19. The highest BCUT2D eigenvalue weighted by Crippen LogP contribution is 2.35. The Morgan fingerprint density at radius 1 is 0.392 bits per heavy atom. The quantitative estimate of drug-likeness (QED) is 0.00687. The van der Waals surface area contributed by atoms with Crippen LogP contribution in [0, 0.1) is 0 Å². The molecule has 0 bridgehead atoms. The van der Waals surface area contributed by atoms with E-state index >= 15 is 0 Å². The van der Waals surface area contributed by atoms with Crippen molar-refractivity contribution in [3.05, 3.63) is 204 Å². The average Bonchev–Trinajstić information content (AvgIpc) is 3.48. The van der Waals surface area contributed by atoms with Crippen LogP contribution in [0.2, 0.25) is 0 Å². The Labute approximate surface area is 465 Å². The standard InChI is InChI=1S/C31H37N3O5.C30H38N4O5S/c1-4-29(35)37-21-22-39-31(36)38-20-19-34-28-17-11-25(12-18-28)30(23-7-13-26(14-8-23)32-5-2)24-9-15-27(16-10-24)33-6-3;1-4-29(35)38-21-20-34-40(36,37)39-22-19-33-28-17-11-25(12-18-28)30(23-7-13-26(14-8-23)31-5-2)24-9-15-27(16-10-24)32-6-3/h4,7-18,30,32-34H,1,5-6,19-22H2,2-3H3;4,7-18,30-34H,1,5-6,19-22H2,2-3H3. The molecule has 0 aliphatic carbocycles. The summed E-state index contributed by atoms with van der Waals surface area (Å²) in [7, 11) is -3.95. The molecule has 0 saturated carbocycles. The molecule has 18 heteroatoms. The molecule has 0 aliphatic rings. The second-order valence-corrected chi connectivity index (χ2v) is 18.9. The molecule has 0 aliphatic heterocycles. The van der Waals surface area contributed by atoms with Crippen molar-refractivity contribution in [1.82, 2.24) is 4.72 Å². The first-order chi connectivity index (χ1) is 38.4. The third-order valence-electron chi connectivity index (χ3n) is 11.8. The van der Waals surface area contributed by atoms with Crippen LogP contribution >= 0.6 is 0 Å². The molecule has 7 N–H and O–H groups in total. The lowest BCUT2D eigenvalue weighted by Crippen LogP contribution is -2.30. The second kappa shape index (κ2) is 33.8. The van der Waals surface area contributed by atoms with E-state index in [1.807, 2.05) is 24.3 Å². The molecule has 0 unspecified atom stereocenters. The van der Waals surface area contributed by atoms with E-state index in [0.29, 0.717) is 6.54 Å². The SMILES string of the molecule is C=CC(=O)OCCNS(=O)(=O)OCCNc1ccc(C(c2ccc(NCC)cc2)c2ccc(NCC)cc2)cc1.C=CC(=O)OCCOC(=O)OCCNc1ccc(C(c2ccc(NCC)cc2)c2ccc(NCC)cc2)cc1. The highest BCUT2D eigenvalue weighted by Gasteiger charge is 2.19. The van der Waals surface area contributed by atoms with E-state index < -0.39 is 28.4 Å². The van der Waals surface area contributed by atoms with Gasteiger partial charge in [-0.05, 0) is 134 Å². The molecule has 0 aromatic heterocycles. The van der Waals surface area contributed by atoms with Crippen molar-refractivity contribution < 1.29 is 45.9 Å². The van der Waals surface area contributed by atoms with Crippen LogP contribution in [0.4, 0.5) is 38.9 Å². The molecule has 6 aromatic rings. The van der Waals surface area contributed by atoms with Gasteiger partial charge in [-0.3, -0.25) is 4.18 Å². The van der Waals surface area contributed by atoms with E-state index in [9.17, 15) is 22.8 Å². The molecular formula is C61H75N7O10S. The Bertz CT molecular complexity index is 2790. The number of hydrogen-bond donors (Lipinski definition) is 7. The average molecular weight is 1100 g/mol. The maximum Gasteiger partial charge on any atom is 0.508 e. The summed E-state index contributed by atoms with van der Waals surface area (Å²) >= 11 is 0. The molecule has 0 atom stereocenters. The zero-order chi connectivity index (χ0) is 56.7. The summed E-state index contributed by atoms with van der Waals surface area (Å²) in [5, 5.41) is 19.8. The minimum absolute atomic E-state index is 0.0470. The second-order valence-electron chi connectivity index (χ2n) is 17.4. The van der Waals surface area contributed by atoms with Crippen molar-refractivity contribution in [2.75, 3.05) is 111 Å². The van der Waals surface area contributed by atoms with Gasteiger partial charge in [0.05, 0.1) is 6.61 Å². The number of esters is 2. The highest BCUT2D eigenvalue weighted by molar-refractivity contribution is 7.84. The van der Waals surface area contributed by atoms with Gasteiger partial charge in [0.2, 0.25) is 0 Å². The third-order valence-corrected chi connectivity index (χ3v) is 12.8. The largest absolute Gasteiger partial charge is 0.508 e. The minimum Gasteiger partial charge on any atom is -0.461 e. The van der Waals surface area contributed by atoms with Crippen molar-refractivity contribution in [2.24, 2.45) is 0 Å². The Kier molecular flexibility index (Phi) is 26.3. The lowest BCUT2D eigenvalue weighted by atomic mass is 9.85. The number of hydrogen-bond acceptors (Lipinski definition) is 16. The zero-order valence-corrected chi connectivity index (χ0v) is 46.4. The summed E-state index contributed by atoms with van der Waals surface area (Å²) in [6.07, 6.45) is 1.24. The lowest BCUT2D eigenvalue weighted by Gasteiger charge is -2.20. The van der Waals surface area contributed by atoms with Gasteiger partial charge in [0.25, 0.3) is 0 Å². The van der Waals surface area contributed by atoms with Crippen LogP contribution in [0.25, 0.3) is 0 Å². The van der Waals surface area contributed by atoms with E-state index in [-0.39, 0.29) is 58.0 Å². The van der Waals surface area contributed by atoms with Crippen LogP contribution in [-0.2, 0) is 43.0 Å². The molecule has 0 saturated heterocycles. The van der Waals surface area contributed by atoms with Crippen molar-refractivity contribution in [2.45, 2.75) is 39.5 Å². The molecule has 0 spiro atoms. The van der Waals surface area contributed by atoms with E-state index in [2.05, 4.69) is 199 Å². The van der Waals surface area contributed by atoms with Crippen molar-refractivity contribution in [3.8, 4) is 0 Å². The monoisotopic (exact) mass is 1100 g/mol. The van der Waals surface area contributed by atoms with Crippen LogP contribution in [0.1, 0.15) is 72.9 Å². The summed E-state index contributed by atoms with van der Waals surface area (Å²) in [6, 6.07) is 50.6. The fourth-order valence-corrected chi connectivity index (χ4v) is 8.91. The van der Waals surface area contributed by atoms with Gasteiger partial charge < -0.3 is 50.8 Å². The van der Waals surface area contributed by atoms with Crippen molar-refractivity contribution in [1.29, 1.82) is 0 Å². The number of benzene rings is 6. The summed E-state index contributed by atoms with van der Waals surface area (Å²) in [6.45, 7) is 18.8. The highest BCUT2D eigenvalue weighted by atomic mass is 32.2. The maximum absolute atomic E-state index is 11.9. The van der Waals surface area contributed by atoms with E-state index in [4.69, 9.17) is 23.1 Å². The zero-order valence-electron chi connectivity index (χ0n) is 45.6. The van der Waals surface area contributed by atoms with Gasteiger partial charge in [0.1, 0.15) is 26.4 Å². The Morgan fingerprint density at radius 2 is 0.658 bits per heavy atom. The molecular weight excluding hydrogens is 1020 g/mol. The van der Waals surface area contributed by atoms with Gasteiger partial charge in [-0.2, -0.15) is 13.1 Å². The van der Waals surface area contributed by atoms with Gasteiger partial charge in [0, 0.05) is 104 Å². The van der Waals surface area contributed by atoms with Gasteiger partial charge >= 0.3 is 28.4 Å². The summed E-state index contributed by atoms with van der Waals surface area (Å²) in [5.41, 5.74) is 13.2. The van der Waals surface area contributed by atoms with Crippen LogP contribution in [0.3, 0.4) is 0 Å². The number of carbonyl (C=O) groups is 3. The van der Waals surface area contributed by atoms with Crippen LogP contribution in [-0.4, -0.2) is 105 Å². The van der Waals surface area contributed by atoms with Crippen molar-refractivity contribution in [3.63, 3.8) is 0 Å². The molecule has 0 radical (unpaired) electrons. The Balaban J connectivity index is 0.000000291. The van der Waals surface area contributed by atoms with Crippen LogP contribution in [0.5, 0.6) is 0 Å².